The molecule has 0 spiro atoms. The predicted octanol–water partition coefficient (Wildman–Crippen LogP) is 1.66. The van der Waals surface area contributed by atoms with Crippen molar-refractivity contribution in [3.8, 4) is 0 Å². The van der Waals surface area contributed by atoms with Gasteiger partial charge in [-0.2, -0.15) is 0 Å². The molecule has 0 N–H and O–H groups in total. The third-order valence-electron chi connectivity index (χ3n) is 0.911. The van der Waals surface area contributed by atoms with Crippen molar-refractivity contribution >= 4 is 31.9 Å². The van der Waals surface area contributed by atoms with Gasteiger partial charge in [0.25, 0.3) is 0 Å². The van der Waals surface area contributed by atoms with Crippen molar-refractivity contribution in [1.82, 2.24) is 15.0 Å². The minimum absolute atomic E-state index is 0.676. The normalized spacial score (nSPS) is 9.80. The number of hydrogen-bond acceptors (Lipinski definition) is 3. The van der Waals surface area contributed by atoms with Crippen molar-refractivity contribution in [2.45, 2.75) is 10.7 Å². The summed E-state index contributed by atoms with van der Waals surface area (Å²) in [6.45, 7) is 0. The highest BCUT2D eigenvalue weighted by Gasteiger charge is 1.95. The van der Waals surface area contributed by atoms with Gasteiger partial charge in [-0.3, -0.25) is 0 Å². The third-order valence-corrected chi connectivity index (χ3v) is 1.91. The van der Waals surface area contributed by atoms with Gasteiger partial charge in [0, 0.05) is 0 Å². The van der Waals surface area contributed by atoms with E-state index in [0.717, 1.165) is 11.6 Å². The number of hydrogen-bond donors (Lipinski definition) is 0. The van der Waals surface area contributed by atoms with Crippen LogP contribution >= 0.6 is 31.9 Å². The van der Waals surface area contributed by atoms with Gasteiger partial charge in [0.2, 0.25) is 0 Å². The van der Waals surface area contributed by atoms with E-state index in [0.29, 0.717) is 10.7 Å². The summed E-state index contributed by atoms with van der Waals surface area (Å²) in [4.78, 5) is 11.9. The summed E-state index contributed by atoms with van der Waals surface area (Å²) in [6.07, 6.45) is 1.51. The van der Waals surface area contributed by atoms with Crippen molar-refractivity contribution in [2.24, 2.45) is 0 Å². The summed E-state index contributed by atoms with van der Waals surface area (Å²) in [6, 6.07) is 0. The second-order valence-electron chi connectivity index (χ2n) is 1.59. The van der Waals surface area contributed by atoms with Gasteiger partial charge in [0.15, 0.2) is 0 Å². The Hall–Kier alpha value is -0.0300. The molecule has 0 amide bonds. The number of nitrogens with zero attached hydrogens (tertiary/aromatic N) is 3. The topological polar surface area (TPSA) is 38.7 Å². The van der Waals surface area contributed by atoms with Crippen LogP contribution in [-0.2, 0) is 10.7 Å². The fourth-order valence-electron chi connectivity index (χ4n) is 0.498. The Morgan fingerprint density at radius 1 is 1.10 bits per heavy atom. The van der Waals surface area contributed by atoms with E-state index < -0.39 is 0 Å². The predicted molar refractivity (Wildman–Crippen MR) is 45.1 cm³/mol. The van der Waals surface area contributed by atoms with Crippen molar-refractivity contribution < 1.29 is 0 Å². The van der Waals surface area contributed by atoms with Crippen LogP contribution in [0.3, 0.4) is 0 Å². The summed E-state index contributed by atoms with van der Waals surface area (Å²) in [5.41, 5.74) is 0. The zero-order valence-electron chi connectivity index (χ0n) is 5.09. The van der Waals surface area contributed by atoms with Crippen LogP contribution in [0, 0.1) is 0 Å². The van der Waals surface area contributed by atoms with E-state index in [4.69, 9.17) is 0 Å². The molecule has 0 unspecified atom stereocenters. The van der Waals surface area contributed by atoms with Gasteiger partial charge in [-0.1, -0.05) is 31.9 Å². The summed E-state index contributed by atoms with van der Waals surface area (Å²) in [7, 11) is 0. The van der Waals surface area contributed by atoms with Gasteiger partial charge in [-0.15, -0.1) is 0 Å². The molecular formula is C5H5Br2N3. The van der Waals surface area contributed by atoms with E-state index in [-0.39, 0.29) is 0 Å². The molecule has 0 saturated heterocycles. The molecule has 0 radical (unpaired) electrons. The first-order valence-electron chi connectivity index (χ1n) is 2.65. The Morgan fingerprint density at radius 2 is 1.60 bits per heavy atom. The molecule has 3 nitrogen and oxygen atoms in total. The first-order valence-corrected chi connectivity index (χ1v) is 4.90. The lowest BCUT2D eigenvalue weighted by atomic mass is 10.6. The summed E-state index contributed by atoms with van der Waals surface area (Å²) in [5.74, 6) is 1.54. The van der Waals surface area contributed by atoms with Crippen molar-refractivity contribution in [2.75, 3.05) is 0 Å². The molecule has 10 heavy (non-hydrogen) atoms. The maximum Gasteiger partial charge on any atom is 0.142 e. The molecule has 54 valence electrons. The maximum absolute atomic E-state index is 4.09. The summed E-state index contributed by atoms with van der Waals surface area (Å²) >= 11 is 6.51. The van der Waals surface area contributed by atoms with E-state index >= 15 is 0 Å². The Labute approximate surface area is 75.6 Å². The van der Waals surface area contributed by atoms with E-state index in [1.165, 1.54) is 6.33 Å². The van der Waals surface area contributed by atoms with Crippen LogP contribution in [0.25, 0.3) is 0 Å². The lowest BCUT2D eigenvalue weighted by Crippen LogP contribution is -1.97. The number of alkyl halides is 2. The lowest BCUT2D eigenvalue weighted by Gasteiger charge is -1.94. The molecule has 0 bridgehead atoms. The van der Waals surface area contributed by atoms with Gasteiger partial charge in [-0.05, 0) is 0 Å². The van der Waals surface area contributed by atoms with Gasteiger partial charge < -0.3 is 0 Å². The maximum atomic E-state index is 4.09. The molecule has 1 heterocycles. The molecule has 1 aromatic heterocycles. The van der Waals surface area contributed by atoms with Crippen LogP contribution in [0.5, 0.6) is 0 Å². The molecule has 0 aliphatic heterocycles. The molecule has 5 heteroatoms. The van der Waals surface area contributed by atoms with E-state index in [1.807, 2.05) is 0 Å². The second-order valence-corrected chi connectivity index (χ2v) is 2.71. The molecular weight excluding hydrogens is 262 g/mol. The van der Waals surface area contributed by atoms with Crippen molar-refractivity contribution in [1.29, 1.82) is 0 Å². The Kier molecular flexibility index (Phi) is 3.21. The lowest BCUT2D eigenvalue weighted by molar-refractivity contribution is 0.907. The van der Waals surface area contributed by atoms with Crippen LogP contribution in [0.15, 0.2) is 6.33 Å². The zero-order valence-corrected chi connectivity index (χ0v) is 8.26. The van der Waals surface area contributed by atoms with Crippen LogP contribution in [0.2, 0.25) is 0 Å². The molecule has 0 saturated carbocycles. The monoisotopic (exact) mass is 265 g/mol. The average molecular weight is 267 g/mol. The van der Waals surface area contributed by atoms with Gasteiger partial charge >= 0.3 is 0 Å². The highest BCUT2D eigenvalue weighted by molar-refractivity contribution is 9.08. The van der Waals surface area contributed by atoms with Crippen LogP contribution in [0.1, 0.15) is 11.6 Å². The van der Waals surface area contributed by atoms with Crippen LogP contribution in [0.4, 0.5) is 0 Å². The van der Waals surface area contributed by atoms with Crippen LogP contribution in [-0.4, -0.2) is 15.0 Å². The van der Waals surface area contributed by atoms with Crippen LogP contribution < -0.4 is 0 Å². The largest absolute Gasteiger partial charge is 0.221 e. The Morgan fingerprint density at radius 3 is 2.00 bits per heavy atom. The standard InChI is InChI=1S/C5H5Br2N3/c6-1-4-8-3-9-5(2-7)10-4/h3H,1-2H2. The molecule has 0 atom stereocenters. The summed E-state index contributed by atoms with van der Waals surface area (Å²) in [5, 5.41) is 1.35. The number of halogens is 2. The van der Waals surface area contributed by atoms with Gasteiger partial charge in [0.05, 0.1) is 10.7 Å². The molecule has 0 aliphatic carbocycles. The van der Waals surface area contributed by atoms with E-state index in [1.54, 1.807) is 0 Å². The van der Waals surface area contributed by atoms with Gasteiger partial charge in [0.1, 0.15) is 18.0 Å². The first-order chi connectivity index (χ1) is 4.86. The highest BCUT2D eigenvalue weighted by Crippen LogP contribution is 2.00. The van der Waals surface area contributed by atoms with Gasteiger partial charge in [-0.25, -0.2) is 15.0 Å². The fraction of sp³-hybridized carbons (Fsp3) is 0.400. The quantitative estimate of drug-likeness (QED) is 0.765. The Bertz CT molecular complexity index is 197. The Balaban J connectivity index is 2.87. The zero-order chi connectivity index (χ0) is 7.40. The number of aromatic nitrogens is 3. The minimum Gasteiger partial charge on any atom is -0.221 e. The van der Waals surface area contributed by atoms with E-state index in [2.05, 4.69) is 46.8 Å². The molecule has 0 aliphatic rings. The molecule has 0 fully saturated rings. The SMILES string of the molecule is BrCc1ncnc(CBr)n1. The number of rotatable bonds is 2. The van der Waals surface area contributed by atoms with Crippen molar-refractivity contribution in [3.05, 3.63) is 18.0 Å². The summed E-state index contributed by atoms with van der Waals surface area (Å²) < 4.78 is 0. The smallest absolute Gasteiger partial charge is 0.142 e. The second kappa shape index (κ2) is 3.98. The first kappa shape index (κ1) is 8.07. The average Bonchev–Trinajstić information content (AvgIpc) is 2.05. The third kappa shape index (κ3) is 1.98. The fourth-order valence-corrected chi connectivity index (χ4v) is 1.04. The van der Waals surface area contributed by atoms with Crippen molar-refractivity contribution in [3.63, 3.8) is 0 Å². The molecule has 1 aromatic rings. The minimum atomic E-state index is 0.676. The molecule has 0 aromatic carbocycles. The highest BCUT2D eigenvalue weighted by atomic mass is 79.9. The molecule has 1 rings (SSSR count). The van der Waals surface area contributed by atoms with E-state index in [9.17, 15) is 0 Å².